The maximum absolute atomic E-state index is 13.3. The van der Waals surface area contributed by atoms with Crippen LogP contribution in [0.25, 0.3) is 11.0 Å². The number of aromatic nitrogens is 2. The lowest BCUT2D eigenvalue weighted by Gasteiger charge is -2.35. The molecule has 0 bridgehead atoms. The van der Waals surface area contributed by atoms with Gasteiger partial charge in [-0.1, -0.05) is 0 Å². The van der Waals surface area contributed by atoms with Crippen molar-refractivity contribution in [1.29, 1.82) is 0 Å². The van der Waals surface area contributed by atoms with Gasteiger partial charge in [-0.2, -0.15) is 0 Å². The summed E-state index contributed by atoms with van der Waals surface area (Å²) < 4.78 is 3.49. The van der Waals surface area contributed by atoms with Gasteiger partial charge in [-0.05, 0) is 110 Å². The molecule has 1 spiro atoms. The Kier molecular flexibility index (Phi) is 4.56. The molecule has 2 aliphatic carbocycles. The molecule has 0 radical (unpaired) electrons. The zero-order valence-corrected chi connectivity index (χ0v) is 20.0. The molecule has 1 N–H and O–H groups in total. The number of rotatable bonds is 4. The van der Waals surface area contributed by atoms with E-state index in [4.69, 9.17) is 4.98 Å². The monoisotopic (exact) mass is 526 g/mol. The summed E-state index contributed by atoms with van der Waals surface area (Å²) in [6.45, 7) is 4.16. The highest BCUT2D eigenvalue weighted by atomic mass is 127. The fourth-order valence-electron chi connectivity index (χ4n) is 5.14. The molecule has 1 saturated heterocycles. The van der Waals surface area contributed by atoms with E-state index in [1.165, 1.54) is 42.1 Å². The van der Waals surface area contributed by atoms with Gasteiger partial charge in [-0.15, -0.1) is 0 Å². The predicted molar refractivity (Wildman–Crippen MR) is 133 cm³/mol. The molecule has 1 aromatic heterocycles. The summed E-state index contributed by atoms with van der Waals surface area (Å²) in [7, 11) is 0. The smallest absolute Gasteiger partial charge is 0.257 e. The van der Waals surface area contributed by atoms with Crippen molar-refractivity contribution < 1.29 is 4.79 Å². The van der Waals surface area contributed by atoms with Crippen molar-refractivity contribution in [2.24, 2.45) is 5.41 Å². The Morgan fingerprint density at radius 3 is 2.58 bits per heavy atom. The van der Waals surface area contributed by atoms with Crippen molar-refractivity contribution in [1.82, 2.24) is 9.55 Å². The number of nitrogens with one attached hydrogen (secondary N) is 1. The summed E-state index contributed by atoms with van der Waals surface area (Å²) in [5.41, 5.74) is 5.41. The maximum atomic E-state index is 13.3. The topological polar surface area (TPSA) is 50.2 Å². The van der Waals surface area contributed by atoms with Gasteiger partial charge in [-0.3, -0.25) is 4.79 Å². The lowest BCUT2D eigenvalue weighted by atomic mass is 9.93. The first-order valence-electron chi connectivity index (χ1n) is 11.4. The fraction of sp³-hybridized carbons (Fsp3) is 0.440. The van der Waals surface area contributed by atoms with Crippen molar-refractivity contribution in [3.05, 3.63) is 51.4 Å². The first kappa shape index (κ1) is 19.6. The van der Waals surface area contributed by atoms with Gasteiger partial charge in [-0.25, -0.2) is 4.98 Å². The Morgan fingerprint density at radius 1 is 1.10 bits per heavy atom. The number of carbonyl (C=O) groups is 1. The van der Waals surface area contributed by atoms with Crippen LogP contribution in [0.3, 0.4) is 0 Å². The molecule has 2 saturated carbocycles. The zero-order valence-electron chi connectivity index (χ0n) is 17.8. The van der Waals surface area contributed by atoms with Crippen LogP contribution in [0.1, 0.15) is 60.7 Å². The molecule has 3 fully saturated rings. The van der Waals surface area contributed by atoms with Crippen molar-refractivity contribution in [3.63, 3.8) is 0 Å². The minimum Gasteiger partial charge on any atom is -0.371 e. The Morgan fingerprint density at radius 2 is 1.87 bits per heavy atom. The van der Waals surface area contributed by atoms with E-state index < -0.39 is 0 Å². The molecule has 5 nitrogen and oxygen atoms in total. The number of hydrogen-bond donors (Lipinski definition) is 1. The molecule has 1 aliphatic heterocycles. The van der Waals surface area contributed by atoms with Gasteiger partial charge in [0.15, 0.2) is 0 Å². The summed E-state index contributed by atoms with van der Waals surface area (Å²) in [5.74, 6) is 1.02. The molecule has 1 amide bonds. The Balaban J connectivity index is 1.28. The van der Waals surface area contributed by atoms with Crippen LogP contribution in [-0.4, -0.2) is 28.5 Å². The van der Waals surface area contributed by atoms with Crippen LogP contribution >= 0.6 is 22.6 Å². The number of aryl methyl sites for hydroxylation is 1. The van der Waals surface area contributed by atoms with Crippen LogP contribution in [0.15, 0.2) is 36.4 Å². The van der Waals surface area contributed by atoms with Gasteiger partial charge < -0.3 is 14.8 Å². The van der Waals surface area contributed by atoms with E-state index in [0.29, 0.717) is 11.5 Å². The molecule has 6 heteroatoms. The molecule has 31 heavy (non-hydrogen) atoms. The first-order chi connectivity index (χ1) is 15.0. The second kappa shape index (κ2) is 7.22. The van der Waals surface area contributed by atoms with Crippen molar-refractivity contribution in [3.8, 4) is 0 Å². The minimum absolute atomic E-state index is 0.0355. The highest BCUT2D eigenvalue weighted by Crippen LogP contribution is 2.54. The van der Waals surface area contributed by atoms with Crippen molar-refractivity contribution >= 4 is 50.9 Å². The lowest BCUT2D eigenvalue weighted by Crippen LogP contribution is -2.35. The number of fused-ring (bicyclic) bond motifs is 1. The van der Waals surface area contributed by atoms with Crippen LogP contribution in [0.4, 0.5) is 11.4 Å². The highest BCUT2D eigenvalue weighted by Gasteiger charge is 2.44. The Labute approximate surface area is 196 Å². The third kappa shape index (κ3) is 3.62. The number of imidazole rings is 1. The number of hydrogen-bond acceptors (Lipinski definition) is 3. The van der Waals surface area contributed by atoms with Gasteiger partial charge in [0, 0.05) is 28.4 Å². The molecule has 0 unspecified atom stereocenters. The SMILES string of the molecule is Cc1nc2ccc(NC(=O)c3ccc(I)cc3N3CCC4(CC3)CC4)cc2n1C1CC1. The summed E-state index contributed by atoms with van der Waals surface area (Å²) in [6.07, 6.45) is 7.71. The Hall–Kier alpha value is -2.09. The molecule has 2 aromatic carbocycles. The van der Waals surface area contributed by atoms with E-state index in [2.05, 4.69) is 56.4 Å². The van der Waals surface area contributed by atoms with E-state index in [0.717, 1.165) is 46.9 Å². The fourth-order valence-corrected chi connectivity index (χ4v) is 5.62. The van der Waals surface area contributed by atoms with E-state index in [1.807, 2.05) is 24.3 Å². The van der Waals surface area contributed by atoms with Crippen LogP contribution in [0.5, 0.6) is 0 Å². The zero-order chi connectivity index (χ0) is 21.2. The number of nitrogens with zero attached hydrogens (tertiary/aromatic N) is 3. The van der Waals surface area contributed by atoms with Gasteiger partial charge in [0.05, 0.1) is 22.3 Å². The van der Waals surface area contributed by atoms with Gasteiger partial charge >= 0.3 is 0 Å². The van der Waals surface area contributed by atoms with Crippen LogP contribution < -0.4 is 10.2 Å². The number of amides is 1. The lowest BCUT2D eigenvalue weighted by molar-refractivity contribution is 0.102. The summed E-state index contributed by atoms with van der Waals surface area (Å²) in [4.78, 5) is 20.4. The molecule has 6 rings (SSSR count). The van der Waals surface area contributed by atoms with Crippen molar-refractivity contribution in [2.45, 2.75) is 51.5 Å². The average Bonchev–Trinajstić information content (AvgIpc) is 3.69. The number of carbonyl (C=O) groups excluding carboxylic acids is 1. The number of halogens is 1. The molecule has 3 aliphatic rings. The van der Waals surface area contributed by atoms with E-state index in [-0.39, 0.29) is 5.91 Å². The molecule has 0 atom stereocenters. The highest BCUT2D eigenvalue weighted by molar-refractivity contribution is 14.1. The third-order valence-electron chi connectivity index (χ3n) is 7.36. The summed E-state index contributed by atoms with van der Waals surface area (Å²) in [5, 5.41) is 3.16. The Bertz CT molecular complexity index is 1180. The number of anilines is 2. The summed E-state index contributed by atoms with van der Waals surface area (Å²) in [6, 6.07) is 12.8. The van der Waals surface area contributed by atoms with Gasteiger partial charge in [0.25, 0.3) is 5.91 Å². The quantitative estimate of drug-likeness (QED) is 0.430. The molecular weight excluding hydrogens is 499 g/mol. The number of piperidine rings is 1. The van der Waals surface area contributed by atoms with Crippen LogP contribution in [-0.2, 0) is 0 Å². The number of benzene rings is 2. The third-order valence-corrected chi connectivity index (χ3v) is 8.03. The molecular formula is C25H27IN4O. The van der Waals surface area contributed by atoms with E-state index in [9.17, 15) is 4.79 Å². The predicted octanol–water partition coefficient (Wildman–Crippen LogP) is 5.92. The van der Waals surface area contributed by atoms with E-state index in [1.54, 1.807) is 0 Å². The maximum Gasteiger partial charge on any atom is 0.257 e. The first-order valence-corrected chi connectivity index (χ1v) is 12.4. The molecule has 160 valence electrons. The largest absolute Gasteiger partial charge is 0.371 e. The van der Waals surface area contributed by atoms with Gasteiger partial charge in [0.1, 0.15) is 5.82 Å². The second-order valence-corrected chi connectivity index (χ2v) is 10.8. The standard InChI is InChI=1S/C25H27IN4O/c1-16-27-21-7-3-18(15-23(21)30(16)19-4-5-19)28-24(31)20-6-2-17(26)14-22(20)29-12-10-25(8-9-25)11-13-29/h2-3,6-7,14-15,19H,4-5,8-13H2,1H3,(H,28,31). The van der Waals surface area contributed by atoms with Crippen LogP contribution in [0.2, 0.25) is 0 Å². The van der Waals surface area contributed by atoms with E-state index >= 15 is 0 Å². The second-order valence-electron chi connectivity index (χ2n) is 9.57. The average molecular weight is 526 g/mol. The van der Waals surface area contributed by atoms with Crippen LogP contribution in [0, 0.1) is 15.9 Å². The van der Waals surface area contributed by atoms with Gasteiger partial charge in [0.2, 0.25) is 0 Å². The summed E-state index contributed by atoms with van der Waals surface area (Å²) >= 11 is 2.34. The van der Waals surface area contributed by atoms with Crippen molar-refractivity contribution in [2.75, 3.05) is 23.3 Å². The molecule has 2 heterocycles. The minimum atomic E-state index is -0.0355. The molecule has 3 aromatic rings. The normalized spacial score (nSPS) is 19.7.